The van der Waals surface area contributed by atoms with Gasteiger partial charge >= 0.3 is 0 Å². The second kappa shape index (κ2) is 7.06. The van der Waals surface area contributed by atoms with Crippen molar-refractivity contribution >= 4 is 11.8 Å². The molecule has 138 valence electrons. The minimum Gasteiger partial charge on any atom is -0.459 e. The molecule has 0 saturated carbocycles. The first-order valence-electron chi connectivity index (χ1n) is 8.45. The summed E-state index contributed by atoms with van der Waals surface area (Å²) < 4.78 is 24.5. The third kappa shape index (κ3) is 3.21. The number of aromatic nitrogens is 1. The van der Waals surface area contributed by atoms with Gasteiger partial charge in [0, 0.05) is 26.2 Å². The molecule has 0 N–H and O–H groups in total. The van der Waals surface area contributed by atoms with Gasteiger partial charge in [-0.2, -0.15) is 0 Å². The number of nitrogens with zero attached hydrogens (tertiary/aromatic N) is 3. The molecule has 4 rings (SSSR count). The molecule has 1 fully saturated rings. The minimum atomic E-state index is -0.489. The highest BCUT2D eigenvalue weighted by Gasteiger charge is 2.30. The number of carbonyl (C=O) groups excluding carboxylic acids is 2. The Morgan fingerprint density at radius 3 is 2.30 bits per heavy atom. The van der Waals surface area contributed by atoms with Crippen LogP contribution in [0.1, 0.15) is 21.0 Å². The van der Waals surface area contributed by atoms with Crippen molar-refractivity contribution in [3.05, 3.63) is 66.3 Å². The van der Waals surface area contributed by atoms with Crippen LogP contribution in [0, 0.1) is 5.82 Å². The third-order valence-electron chi connectivity index (χ3n) is 4.47. The van der Waals surface area contributed by atoms with Crippen LogP contribution in [0.5, 0.6) is 0 Å². The number of rotatable bonds is 3. The monoisotopic (exact) mass is 369 g/mol. The van der Waals surface area contributed by atoms with Crippen molar-refractivity contribution in [2.75, 3.05) is 26.2 Å². The molecule has 0 atom stereocenters. The maximum absolute atomic E-state index is 14.0. The second-order valence-electron chi connectivity index (χ2n) is 6.07. The van der Waals surface area contributed by atoms with E-state index in [0.717, 1.165) is 6.39 Å². The summed E-state index contributed by atoms with van der Waals surface area (Å²) in [7, 11) is 0. The van der Waals surface area contributed by atoms with Crippen molar-refractivity contribution in [1.29, 1.82) is 0 Å². The SMILES string of the molecule is O=C(c1ccco1)N1CCN(C(=O)c2ncoc2-c2ccccc2F)CC1. The molecule has 0 aliphatic carbocycles. The summed E-state index contributed by atoms with van der Waals surface area (Å²) in [5.74, 6) is -0.676. The first-order chi connectivity index (χ1) is 13.1. The number of oxazole rings is 1. The molecule has 0 spiro atoms. The van der Waals surface area contributed by atoms with Gasteiger partial charge in [0.05, 0.1) is 11.8 Å². The number of hydrogen-bond acceptors (Lipinski definition) is 5. The van der Waals surface area contributed by atoms with Crippen LogP contribution >= 0.6 is 0 Å². The molecule has 1 aromatic carbocycles. The Balaban J connectivity index is 1.47. The minimum absolute atomic E-state index is 0.0610. The number of carbonyl (C=O) groups is 2. The quantitative estimate of drug-likeness (QED) is 0.709. The molecule has 2 amide bonds. The Morgan fingerprint density at radius 1 is 0.926 bits per heavy atom. The van der Waals surface area contributed by atoms with E-state index in [1.807, 2.05) is 0 Å². The van der Waals surface area contributed by atoms with Crippen LogP contribution in [-0.4, -0.2) is 52.8 Å². The van der Waals surface area contributed by atoms with E-state index < -0.39 is 5.82 Å². The van der Waals surface area contributed by atoms with Crippen LogP contribution in [0.25, 0.3) is 11.3 Å². The molecule has 27 heavy (non-hydrogen) atoms. The Morgan fingerprint density at radius 2 is 1.63 bits per heavy atom. The Labute approximate surface area is 154 Å². The van der Waals surface area contributed by atoms with Crippen LogP contribution in [0.2, 0.25) is 0 Å². The molecular formula is C19H16FN3O4. The Hall–Kier alpha value is -3.42. The highest BCUT2D eigenvalue weighted by atomic mass is 19.1. The van der Waals surface area contributed by atoms with E-state index in [9.17, 15) is 14.0 Å². The highest BCUT2D eigenvalue weighted by molar-refractivity contribution is 5.98. The predicted molar refractivity (Wildman–Crippen MR) is 92.4 cm³/mol. The van der Waals surface area contributed by atoms with Gasteiger partial charge in [0.25, 0.3) is 11.8 Å². The van der Waals surface area contributed by atoms with Gasteiger partial charge < -0.3 is 18.6 Å². The summed E-state index contributed by atoms with van der Waals surface area (Å²) in [4.78, 5) is 32.3. The smallest absolute Gasteiger partial charge is 0.289 e. The number of piperazine rings is 1. The number of furan rings is 1. The topological polar surface area (TPSA) is 79.8 Å². The normalized spacial score (nSPS) is 14.4. The highest BCUT2D eigenvalue weighted by Crippen LogP contribution is 2.27. The summed E-state index contributed by atoms with van der Waals surface area (Å²) in [6, 6.07) is 9.32. The molecule has 1 aliphatic heterocycles. The van der Waals surface area contributed by atoms with Crippen molar-refractivity contribution in [3.63, 3.8) is 0 Å². The van der Waals surface area contributed by atoms with Crippen molar-refractivity contribution in [2.45, 2.75) is 0 Å². The lowest BCUT2D eigenvalue weighted by atomic mass is 10.1. The van der Waals surface area contributed by atoms with Crippen molar-refractivity contribution < 1.29 is 22.8 Å². The molecule has 3 aromatic rings. The van der Waals surface area contributed by atoms with Gasteiger partial charge in [-0.25, -0.2) is 9.37 Å². The number of hydrogen-bond donors (Lipinski definition) is 0. The average Bonchev–Trinajstić information content (AvgIpc) is 3.39. The van der Waals surface area contributed by atoms with E-state index in [-0.39, 0.29) is 34.6 Å². The molecule has 2 aromatic heterocycles. The standard InChI is InChI=1S/C19H16FN3O4/c20-14-5-2-1-4-13(14)17-16(21-12-27-17)19(25)23-9-7-22(8-10-23)18(24)15-6-3-11-26-15/h1-6,11-12H,7-10H2. The van der Waals surface area contributed by atoms with E-state index in [4.69, 9.17) is 8.83 Å². The van der Waals surface area contributed by atoms with Crippen molar-refractivity contribution in [2.24, 2.45) is 0 Å². The van der Waals surface area contributed by atoms with E-state index in [1.165, 1.54) is 18.4 Å². The van der Waals surface area contributed by atoms with Crippen molar-refractivity contribution in [3.8, 4) is 11.3 Å². The Bertz CT molecular complexity index is 959. The molecule has 3 heterocycles. The van der Waals surface area contributed by atoms with Crippen molar-refractivity contribution in [1.82, 2.24) is 14.8 Å². The summed E-state index contributed by atoms with van der Waals surface area (Å²) >= 11 is 0. The third-order valence-corrected chi connectivity index (χ3v) is 4.47. The first-order valence-corrected chi connectivity index (χ1v) is 8.45. The van der Waals surface area contributed by atoms with E-state index in [1.54, 1.807) is 34.1 Å². The number of benzene rings is 1. The van der Waals surface area contributed by atoms with E-state index >= 15 is 0 Å². The number of halogens is 1. The zero-order chi connectivity index (χ0) is 18.8. The van der Waals surface area contributed by atoms with Crippen LogP contribution < -0.4 is 0 Å². The molecule has 1 aliphatic rings. The molecular weight excluding hydrogens is 353 g/mol. The van der Waals surface area contributed by atoms with Crippen LogP contribution in [-0.2, 0) is 0 Å². The maximum Gasteiger partial charge on any atom is 0.289 e. The fourth-order valence-electron chi connectivity index (χ4n) is 3.05. The maximum atomic E-state index is 14.0. The lowest BCUT2D eigenvalue weighted by molar-refractivity contribution is 0.0515. The average molecular weight is 369 g/mol. The first kappa shape index (κ1) is 17.0. The molecule has 0 radical (unpaired) electrons. The zero-order valence-corrected chi connectivity index (χ0v) is 14.3. The molecule has 8 heteroatoms. The van der Waals surface area contributed by atoms with Gasteiger partial charge in [0.15, 0.2) is 23.6 Å². The fraction of sp³-hybridized carbons (Fsp3) is 0.211. The summed E-state index contributed by atoms with van der Waals surface area (Å²) in [6.07, 6.45) is 2.58. The van der Waals surface area contributed by atoms with Gasteiger partial charge in [0.1, 0.15) is 5.82 Å². The molecule has 1 saturated heterocycles. The lowest BCUT2D eigenvalue weighted by Gasteiger charge is -2.34. The second-order valence-corrected chi connectivity index (χ2v) is 6.07. The Kier molecular flexibility index (Phi) is 4.45. The van der Waals surface area contributed by atoms with Gasteiger partial charge in [-0.05, 0) is 24.3 Å². The van der Waals surface area contributed by atoms with Crippen LogP contribution in [0.4, 0.5) is 4.39 Å². The summed E-state index contributed by atoms with van der Waals surface area (Å²) in [5, 5.41) is 0. The molecule has 0 bridgehead atoms. The fourth-order valence-corrected chi connectivity index (χ4v) is 3.05. The summed E-state index contributed by atoms with van der Waals surface area (Å²) in [6.45, 7) is 1.43. The van der Waals surface area contributed by atoms with Crippen LogP contribution in [0.15, 0.2) is 57.9 Å². The van der Waals surface area contributed by atoms with Gasteiger partial charge in [-0.1, -0.05) is 12.1 Å². The molecule has 7 nitrogen and oxygen atoms in total. The summed E-state index contributed by atoms with van der Waals surface area (Å²) in [5.41, 5.74) is 0.246. The lowest BCUT2D eigenvalue weighted by Crippen LogP contribution is -2.50. The van der Waals surface area contributed by atoms with Gasteiger partial charge in [-0.15, -0.1) is 0 Å². The van der Waals surface area contributed by atoms with Gasteiger partial charge in [-0.3, -0.25) is 9.59 Å². The number of amides is 2. The molecule has 0 unspecified atom stereocenters. The van der Waals surface area contributed by atoms with E-state index in [2.05, 4.69) is 4.98 Å². The van der Waals surface area contributed by atoms with E-state index in [0.29, 0.717) is 26.2 Å². The predicted octanol–water partition coefficient (Wildman–Crippen LogP) is 2.67. The van der Waals surface area contributed by atoms with Gasteiger partial charge in [0.2, 0.25) is 0 Å². The largest absolute Gasteiger partial charge is 0.459 e. The van der Waals surface area contributed by atoms with Crippen LogP contribution in [0.3, 0.4) is 0 Å². The zero-order valence-electron chi connectivity index (χ0n) is 14.3.